The van der Waals surface area contributed by atoms with Gasteiger partial charge in [0.2, 0.25) is 0 Å². The molecule has 0 aliphatic carbocycles. The van der Waals surface area contributed by atoms with Crippen LogP contribution < -0.4 is 5.32 Å². The molecule has 23 heavy (non-hydrogen) atoms. The Morgan fingerprint density at radius 3 is 2.61 bits per heavy atom. The highest BCUT2D eigenvalue weighted by Crippen LogP contribution is 2.19. The van der Waals surface area contributed by atoms with E-state index in [0.717, 1.165) is 11.3 Å². The number of nitrogens with one attached hydrogen (secondary N) is 1. The van der Waals surface area contributed by atoms with Gasteiger partial charge in [0, 0.05) is 11.6 Å². The number of carbonyl (C=O) groups is 1. The third kappa shape index (κ3) is 3.29. The number of hydrogen-bond donors (Lipinski definition) is 1. The van der Waals surface area contributed by atoms with E-state index in [-0.39, 0.29) is 11.7 Å². The molecule has 2 aromatic carbocycles. The maximum Gasteiger partial charge on any atom is 0.256 e. The van der Waals surface area contributed by atoms with Gasteiger partial charge in [-0.25, -0.2) is 9.07 Å². The first-order valence-electron chi connectivity index (χ1n) is 7.23. The van der Waals surface area contributed by atoms with E-state index in [9.17, 15) is 9.18 Å². The van der Waals surface area contributed by atoms with E-state index in [0.29, 0.717) is 17.1 Å². The van der Waals surface area contributed by atoms with Gasteiger partial charge >= 0.3 is 0 Å². The fourth-order valence-corrected chi connectivity index (χ4v) is 2.37. The van der Waals surface area contributed by atoms with Crippen LogP contribution in [0.15, 0.2) is 54.6 Å². The average Bonchev–Trinajstić information content (AvgIpc) is 2.88. The molecule has 0 radical (unpaired) electrons. The van der Waals surface area contributed by atoms with E-state index in [1.54, 1.807) is 24.3 Å². The number of carbonyl (C=O) groups excluding carboxylic acids is 1. The van der Waals surface area contributed by atoms with E-state index < -0.39 is 0 Å². The zero-order chi connectivity index (χ0) is 16.4. The van der Waals surface area contributed by atoms with Crippen molar-refractivity contribution in [2.75, 3.05) is 5.32 Å². The van der Waals surface area contributed by atoms with Crippen LogP contribution in [0.1, 0.15) is 21.6 Å². The molecule has 1 amide bonds. The van der Waals surface area contributed by atoms with Gasteiger partial charge in [0.05, 0.1) is 11.4 Å². The SMILES string of the molecule is Cc1cccc(C(=O)Nc2cc(C)nn2-c2cccc(F)c2)c1. The smallest absolute Gasteiger partial charge is 0.256 e. The molecule has 116 valence electrons. The number of benzene rings is 2. The lowest BCUT2D eigenvalue weighted by atomic mass is 10.1. The Balaban J connectivity index is 1.93. The average molecular weight is 309 g/mol. The molecule has 0 fully saturated rings. The van der Waals surface area contributed by atoms with Gasteiger partial charge in [-0.3, -0.25) is 4.79 Å². The number of rotatable bonds is 3. The molecule has 3 aromatic rings. The van der Waals surface area contributed by atoms with E-state index in [2.05, 4.69) is 10.4 Å². The summed E-state index contributed by atoms with van der Waals surface area (Å²) in [4.78, 5) is 12.4. The van der Waals surface area contributed by atoms with Crippen LogP contribution in [0, 0.1) is 19.7 Å². The first-order valence-corrected chi connectivity index (χ1v) is 7.23. The lowest BCUT2D eigenvalue weighted by Crippen LogP contribution is -2.15. The zero-order valence-electron chi connectivity index (χ0n) is 12.9. The molecular weight excluding hydrogens is 293 g/mol. The van der Waals surface area contributed by atoms with E-state index in [1.165, 1.54) is 16.8 Å². The largest absolute Gasteiger partial charge is 0.306 e. The number of halogens is 1. The van der Waals surface area contributed by atoms with Gasteiger partial charge < -0.3 is 5.32 Å². The molecule has 0 bridgehead atoms. The summed E-state index contributed by atoms with van der Waals surface area (Å²) in [6, 6.07) is 15.1. The Bertz CT molecular complexity index is 870. The standard InChI is InChI=1S/C18H16FN3O/c1-12-5-3-6-14(9-12)18(23)20-17-10-13(2)21-22(17)16-8-4-7-15(19)11-16/h3-11H,1-2H3,(H,20,23). The summed E-state index contributed by atoms with van der Waals surface area (Å²) in [6.45, 7) is 3.75. The first-order chi connectivity index (χ1) is 11.0. The quantitative estimate of drug-likeness (QED) is 0.798. The van der Waals surface area contributed by atoms with Gasteiger partial charge in [-0.05, 0) is 44.2 Å². The maximum absolute atomic E-state index is 13.4. The van der Waals surface area contributed by atoms with Crippen LogP contribution in [0.4, 0.5) is 10.2 Å². The molecule has 1 aromatic heterocycles. The molecule has 3 rings (SSSR count). The van der Waals surface area contributed by atoms with Crippen molar-refractivity contribution in [2.24, 2.45) is 0 Å². The number of nitrogens with zero attached hydrogens (tertiary/aromatic N) is 2. The molecule has 5 heteroatoms. The van der Waals surface area contributed by atoms with Crippen molar-refractivity contribution in [3.63, 3.8) is 0 Å². The monoisotopic (exact) mass is 309 g/mol. The Morgan fingerprint density at radius 1 is 1.09 bits per heavy atom. The number of amides is 1. The summed E-state index contributed by atoms with van der Waals surface area (Å²) < 4.78 is 15.0. The van der Waals surface area contributed by atoms with Crippen molar-refractivity contribution >= 4 is 11.7 Å². The predicted molar refractivity (Wildman–Crippen MR) is 87.4 cm³/mol. The Labute approximate surface area is 133 Å². The molecule has 1 N–H and O–H groups in total. The topological polar surface area (TPSA) is 46.9 Å². The predicted octanol–water partition coefficient (Wildman–Crippen LogP) is 3.88. The van der Waals surface area contributed by atoms with Crippen molar-refractivity contribution in [2.45, 2.75) is 13.8 Å². The van der Waals surface area contributed by atoms with Crippen LogP contribution in [0.5, 0.6) is 0 Å². The van der Waals surface area contributed by atoms with Crippen LogP contribution in [0.3, 0.4) is 0 Å². The van der Waals surface area contributed by atoms with Crippen molar-refractivity contribution < 1.29 is 9.18 Å². The summed E-state index contributed by atoms with van der Waals surface area (Å²) >= 11 is 0. The second kappa shape index (κ2) is 6.04. The number of aromatic nitrogens is 2. The van der Waals surface area contributed by atoms with Crippen LogP contribution in [0.25, 0.3) is 5.69 Å². The minimum atomic E-state index is -0.355. The first kappa shape index (κ1) is 15.0. The normalized spacial score (nSPS) is 10.6. The molecule has 1 heterocycles. The minimum Gasteiger partial charge on any atom is -0.306 e. The van der Waals surface area contributed by atoms with Gasteiger partial charge in [0.1, 0.15) is 11.6 Å². The van der Waals surface area contributed by atoms with Crippen LogP contribution >= 0.6 is 0 Å². The number of hydrogen-bond acceptors (Lipinski definition) is 2. The highest BCUT2D eigenvalue weighted by molar-refractivity contribution is 6.04. The van der Waals surface area contributed by atoms with Gasteiger partial charge in [0.25, 0.3) is 5.91 Å². The molecule has 0 unspecified atom stereocenters. The minimum absolute atomic E-state index is 0.230. The Hall–Kier alpha value is -2.95. The van der Waals surface area contributed by atoms with Crippen LogP contribution in [-0.4, -0.2) is 15.7 Å². The molecule has 0 aliphatic rings. The van der Waals surface area contributed by atoms with E-state index in [1.807, 2.05) is 32.0 Å². The molecule has 0 spiro atoms. The number of aryl methyl sites for hydroxylation is 2. The summed E-state index contributed by atoms with van der Waals surface area (Å²) in [7, 11) is 0. The fraction of sp³-hybridized carbons (Fsp3) is 0.111. The van der Waals surface area contributed by atoms with E-state index >= 15 is 0 Å². The van der Waals surface area contributed by atoms with Crippen molar-refractivity contribution in [3.8, 4) is 5.69 Å². The zero-order valence-corrected chi connectivity index (χ0v) is 12.9. The number of anilines is 1. The Kier molecular flexibility index (Phi) is 3.93. The van der Waals surface area contributed by atoms with Gasteiger partial charge in [-0.15, -0.1) is 0 Å². The van der Waals surface area contributed by atoms with Gasteiger partial charge in [0.15, 0.2) is 0 Å². The van der Waals surface area contributed by atoms with Crippen molar-refractivity contribution in [1.82, 2.24) is 9.78 Å². The molecule has 0 saturated heterocycles. The highest BCUT2D eigenvalue weighted by atomic mass is 19.1. The Morgan fingerprint density at radius 2 is 1.87 bits per heavy atom. The summed E-state index contributed by atoms with van der Waals surface area (Å²) in [5.74, 6) is -0.0857. The lowest BCUT2D eigenvalue weighted by molar-refractivity contribution is 0.102. The molecule has 0 saturated carbocycles. The summed E-state index contributed by atoms with van der Waals surface area (Å²) in [5.41, 5.74) is 2.86. The third-order valence-corrected chi connectivity index (χ3v) is 3.41. The molecule has 0 atom stereocenters. The van der Waals surface area contributed by atoms with Gasteiger partial charge in [-0.1, -0.05) is 23.8 Å². The van der Waals surface area contributed by atoms with Crippen molar-refractivity contribution in [1.29, 1.82) is 0 Å². The third-order valence-electron chi connectivity index (χ3n) is 3.41. The van der Waals surface area contributed by atoms with Gasteiger partial charge in [-0.2, -0.15) is 5.10 Å². The lowest BCUT2D eigenvalue weighted by Gasteiger charge is -2.09. The van der Waals surface area contributed by atoms with E-state index in [4.69, 9.17) is 0 Å². The van der Waals surface area contributed by atoms with Crippen LogP contribution in [0.2, 0.25) is 0 Å². The van der Waals surface area contributed by atoms with Crippen LogP contribution in [-0.2, 0) is 0 Å². The summed E-state index contributed by atoms with van der Waals surface area (Å²) in [5, 5.41) is 7.15. The second-order valence-corrected chi connectivity index (χ2v) is 5.39. The second-order valence-electron chi connectivity index (χ2n) is 5.39. The fourth-order valence-electron chi connectivity index (χ4n) is 2.37. The highest BCUT2D eigenvalue weighted by Gasteiger charge is 2.13. The van der Waals surface area contributed by atoms with Crippen molar-refractivity contribution in [3.05, 3.63) is 77.2 Å². The molecular formula is C18H16FN3O. The maximum atomic E-state index is 13.4. The molecule has 0 aliphatic heterocycles. The summed E-state index contributed by atoms with van der Waals surface area (Å²) in [6.07, 6.45) is 0. The molecule has 4 nitrogen and oxygen atoms in total.